The van der Waals surface area contributed by atoms with Gasteiger partial charge in [0, 0.05) is 30.2 Å². The number of hydrogen-bond acceptors (Lipinski definition) is 2. The summed E-state index contributed by atoms with van der Waals surface area (Å²) < 4.78 is 26.7. The minimum Gasteiger partial charge on any atom is -0.338 e. The number of rotatable bonds is 4. The van der Waals surface area contributed by atoms with Crippen molar-refractivity contribution in [1.82, 2.24) is 10.3 Å². The molecule has 2 N–H and O–H groups in total. The van der Waals surface area contributed by atoms with Crippen LogP contribution in [0.1, 0.15) is 5.56 Å². The normalized spacial score (nSPS) is 10.1. The van der Waals surface area contributed by atoms with E-state index in [9.17, 15) is 13.6 Å². The molecule has 2 aromatic rings. The quantitative estimate of drug-likeness (QED) is 0.902. The molecule has 20 heavy (non-hydrogen) atoms. The lowest BCUT2D eigenvalue weighted by Crippen LogP contribution is -2.30. The third-order valence-electron chi connectivity index (χ3n) is 2.66. The largest absolute Gasteiger partial charge is 0.338 e. The minimum atomic E-state index is -0.610. The molecule has 0 atom stereocenters. The number of aromatic nitrogens is 1. The molecule has 0 aliphatic rings. The van der Waals surface area contributed by atoms with Crippen molar-refractivity contribution < 1.29 is 13.6 Å². The van der Waals surface area contributed by atoms with Crippen molar-refractivity contribution in [3.63, 3.8) is 0 Å². The topological polar surface area (TPSA) is 54.0 Å². The predicted octanol–water partition coefficient (Wildman–Crippen LogP) is 2.72. The first-order chi connectivity index (χ1) is 9.66. The molecule has 6 heteroatoms. The highest BCUT2D eigenvalue weighted by Gasteiger charge is 2.08. The van der Waals surface area contributed by atoms with Gasteiger partial charge in [-0.05, 0) is 30.7 Å². The number of carbonyl (C=O) groups is 1. The maximum absolute atomic E-state index is 13.3. The van der Waals surface area contributed by atoms with Crippen molar-refractivity contribution in [1.29, 1.82) is 0 Å². The lowest BCUT2D eigenvalue weighted by molar-refractivity contribution is 0.252. The van der Waals surface area contributed by atoms with Crippen LogP contribution in [0, 0.1) is 11.6 Å². The highest BCUT2D eigenvalue weighted by molar-refractivity contribution is 5.89. The van der Waals surface area contributed by atoms with E-state index in [4.69, 9.17) is 0 Å². The van der Waals surface area contributed by atoms with E-state index in [1.807, 2.05) is 0 Å². The van der Waals surface area contributed by atoms with Crippen molar-refractivity contribution in [2.45, 2.75) is 6.42 Å². The maximum Gasteiger partial charge on any atom is 0.319 e. The van der Waals surface area contributed by atoms with Crippen LogP contribution in [0.4, 0.5) is 19.3 Å². The Hall–Kier alpha value is -2.50. The standard InChI is InChI=1S/C14H13F2N3O/c15-12-2-1-3-13(16)11(12)6-9-18-14(20)19-10-4-7-17-8-5-10/h1-5,7-8H,6,9H2,(H2,17,18,19,20). The zero-order valence-corrected chi connectivity index (χ0v) is 10.6. The number of benzene rings is 1. The van der Waals surface area contributed by atoms with Crippen LogP contribution in [0.5, 0.6) is 0 Å². The third-order valence-corrected chi connectivity index (χ3v) is 2.66. The summed E-state index contributed by atoms with van der Waals surface area (Å²) in [6.07, 6.45) is 3.18. The second-order valence-corrected chi connectivity index (χ2v) is 4.07. The number of amides is 2. The first kappa shape index (κ1) is 13.9. The summed E-state index contributed by atoms with van der Waals surface area (Å²) in [6, 6.07) is 6.52. The molecule has 104 valence electrons. The lowest BCUT2D eigenvalue weighted by atomic mass is 10.1. The molecular formula is C14H13F2N3O. The molecule has 1 aromatic heterocycles. The van der Waals surface area contributed by atoms with Gasteiger partial charge in [-0.1, -0.05) is 6.07 Å². The zero-order valence-electron chi connectivity index (χ0n) is 10.6. The van der Waals surface area contributed by atoms with Crippen LogP contribution in [0.3, 0.4) is 0 Å². The highest BCUT2D eigenvalue weighted by atomic mass is 19.1. The second kappa shape index (κ2) is 6.60. The van der Waals surface area contributed by atoms with Crippen molar-refractivity contribution in [2.75, 3.05) is 11.9 Å². The maximum atomic E-state index is 13.3. The summed E-state index contributed by atoms with van der Waals surface area (Å²) in [5.74, 6) is -1.22. The van der Waals surface area contributed by atoms with E-state index in [0.717, 1.165) is 0 Å². The number of hydrogen-bond donors (Lipinski definition) is 2. The molecule has 1 heterocycles. The van der Waals surface area contributed by atoms with E-state index < -0.39 is 17.7 Å². The van der Waals surface area contributed by atoms with Gasteiger partial charge < -0.3 is 10.6 Å². The molecule has 4 nitrogen and oxygen atoms in total. The Labute approximate surface area is 114 Å². The van der Waals surface area contributed by atoms with Gasteiger partial charge in [-0.25, -0.2) is 13.6 Å². The number of urea groups is 1. The minimum absolute atomic E-state index is 0.0308. The number of nitrogens with one attached hydrogen (secondary N) is 2. The molecule has 0 saturated carbocycles. The highest BCUT2D eigenvalue weighted by Crippen LogP contribution is 2.12. The molecule has 0 saturated heterocycles. The fraction of sp³-hybridized carbons (Fsp3) is 0.143. The van der Waals surface area contributed by atoms with E-state index in [-0.39, 0.29) is 18.5 Å². The SMILES string of the molecule is O=C(NCCc1c(F)cccc1F)Nc1ccncc1. The first-order valence-corrected chi connectivity index (χ1v) is 6.04. The number of nitrogens with zero attached hydrogens (tertiary/aromatic N) is 1. The van der Waals surface area contributed by atoms with E-state index in [2.05, 4.69) is 15.6 Å². The Kier molecular flexibility index (Phi) is 4.60. The molecule has 2 amide bonds. The van der Waals surface area contributed by atoms with Gasteiger partial charge in [0.1, 0.15) is 11.6 Å². The first-order valence-electron chi connectivity index (χ1n) is 6.04. The van der Waals surface area contributed by atoms with Gasteiger partial charge in [-0.2, -0.15) is 0 Å². The average Bonchev–Trinajstić information content (AvgIpc) is 2.43. The van der Waals surface area contributed by atoms with Crippen LogP contribution in [0.15, 0.2) is 42.7 Å². The fourth-order valence-corrected chi connectivity index (χ4v) is 1.68. The van der Waals surface area contributed by atoms with Gasteiger partial charge >= 0.3 is 6.03 Å². The molecule has 0 aliphatic carbocycles. The van der Waals surface area contributed by atoms with Crippen LogP contribution in [0.2, 0.25) is 0 Å². The van der Waals surface area contributed by atoms with Crippen LogP contribution in [-0.2, 0) is 6.42 Å². The van der Waals surface area contributed by atoms with Gasteiger partial charge in [-0.15, -0.1) is 0 Å². The van der Waals surface area contributed by atoms with Crippen LogP contribution in [-0.4, -0.2) is 17.6 Å². The van der Waals surface area contributed by atoms with Gasteiger partial charge in [0.05, 0.1) is 0 Å². The fourth-order valence-electron chi connectivity index (χ4n) is 1.68. The molecule has 0 unspecified atom stereocenters. The van der Waals surface area contributed by atoms with E-state index in [1.165, 1.54) is 18.2 Å². The summed E-state index contributed by atoms with van der Waals surface area (Å²) in [4.78, 5) is 15.4. The average molecular weight is 277 g/mol. The number of pyridine rings is 1. The van der Waals surface area contributed by atoms with E-state index in [0.29, 0.717) is 5.69 Å². The Morgan fingerprint density at radius 2 is 1.75 bits per heavy atom. The molecule has 0 fully saturated rings. The second-order valence-electron chi connectivity index (χ2n) is 4.07. The lowest BCUT2D eigenvalue weighted by Gasteiger charge is -2.08. The molecule has 0 spiro atoms. The zero-order chi connectivity index (χ0) is 14.4. The van der Waals surface area contributed by atoms with Crippen molar-refractivity contribution in [3.05, 3.63) is 59.9 Å². The summed E-state index contributed by atoms with van der Waals surface area (Å²) in [5.41, 5.74) is 0.561. The predicted molar refractivity (Wildman–Crippen MR) is 71.3 cm³/mol. The Bertz CT molecular complexity index is 570. The number of halogens is 2. The molecule has 1 aromatic carbocycles. The number of carbonyl (C=O) groups excluding carboxylic acids is 1. The third kappa shape index (κ3) is 3.74. The number of anilines is 1. The van der Waals surface area contributed by atoms with E-state index >= 15 is 0 Å². The smallest absolute Gasteiger partial charge is 0.319 e. The van der Waals surface area contributed by atoms with Crippen molar-refractivity contribution in [2.24, 2.45) is 0 Å². The van der Waals surface area contributed by atoms with Crippen LogP contribution >= 0.6 is 0 Å². The molecule has 0 bridgehead atoms. The summed E-state index contributed by atoms with van der Waals surface area (Å²) in [5, 5.41) is 5.11. The van der Waals surface area contributed by atoms with Gasteiger partial charge in [0.15, 0.2) is 0 Å². The molecule has 2 rings (SSSR count). The monoisotopic (exact) mass is 277 g/mol. The summed E-state index contributed by atoms with van der Waals surface area (Å²) >= 11 is 0. The Morgan fingerprint density at radius 3 is 2.40 bits per heavy atom. The van der Waals surface area contributed by atoms with Crippen LogP contribution < -0.4 is 10.6 Å². The van der Waals surface area contributed by atoms with E-state index in [1.54, 1.807) is 24.5 Å². The van der Waals surface area contributed by atoms with Gasteiger partial charge in [0.25, 0.3) is 0 Å². The van der Waals surface area contributed by atoms with Crippen LogP contribution in [0.25, 0.3) is 0 Å². The Morgan fingerprint density at radius 1 is 1.10 bits per heavy atom. The summed E-state index contributed by atoms with van der Waals surface area (Å²) in [7, 11) is 0. The van der Waals surface area contributed by atoms with Crippen molar-refractivity contribution in [3.8, 4) is 0 Å². The molecule has 0 aliphatic heterocycles. The van der Waals surface area contributed by atoms with Gasteiger partial charge in [-0.3, -0.25) is 4.98 Å². The molecular weight excluding hydrogens is 264 g/mol. The molecule has 0 radical (unpaired) electrons. The van der Waals surface area contributed by atoms with Crippen molar-refractivity contribution >= 4 is 11.7 Å². The van der Waals surface area contributed by atoms with Gasteiger partial charge in [0.2, 0.25) is 0 Å². The Balaban J connectivity index is 1.83. The summed E-state index contributed by atoms with van der Waals surface area (Å²) in [6.45, 7) is 0.134.